The van der Waals surface area contributed by atoms with Gasteiger partial charge >= 0.3 is 5.97 Å². The van der Waals surface area contributed by atoms with Crippen molar-refractivity contribution in [1.82, 2.24) is 5.32 Å². The van der Waals surface area contributed by atoms with E-state index in [1.165, 1.54) is 102 Å². The number of hydrogen-bond donors (Lipinski definition) is 1. The van der Waals surface area contributed by atoms with Crippen molar-refractivity contribution in [2.75, 3.05) is 0 Å². The Morgan fingerprint density at radius 3 is 2.40 bits per heavy atom. The molecule has 0 saturated heterocycles. The maximum Gasteiger partial charge on any atom is 0.333 e. The molecule has 1 N–H and O–H groups in total. The van der Waals surface area contributed by atoms with E-state index in [0.717, 1.165) is 5.92 Å². The first kappa shape index (κ1) is 36.3. The molecule has 1 atom stereocenters. The van der Waals surface area contributed by atoms with Crippen LogP contribution in [0.5, 0.6) is 5.75 Å². The molecule has 0 radical (unpaired) electrons. The maximum atomic E-state index is 11.5. The molecule has 2 aromatic carbocycles. The van der Waals surface area contributed by atoms with E-state index >= 15 is 0 Å². The lowest BCUT2D eigenvalue weighted by atomic mass is 9.98. The number of aryl methyl sites for hydroxylation is 1. The third-order valence-corrected chi connectivity index (χ3v) is 6.98. The predicted octanol–water partition coefficient (Wildman–Crippen LogP) is 8.17. The van der Waals surface area contributed by atoms with Crippen LogP contribution in [0, 0.1) is 16.0 Å². The molecule has 1 aliphatic rings. The van der Waals surface area contributed by atoms with E-state index in [9.17, 15) is 19.7 Å². The van der Waals surface area contributed by atoms with E-state index in [1.54, 1.807) is 12.1 Å². The van der Waals surface area contributed by atoms with Gasteiger partial charge in [0.05, 0.1) is 0 Å². The molecular weight excluding hydrogens is 532 g/mol. The Labute approximate surface area is 252 Å². The normalized spacial score (nSPS) is 13.2. The maximum absolute atomic E-state index is 11.5. The van der Waals surface area contributed by atoms with Gasteiger partial charge in [-0.2, -0.15) is 0 Å². The number of benzene rings is 2. The molecule has 8 nitrogen and oxygen atoms in total. The molecule has 1 amide bonds. The van der Waals surface area contributed by atoms with E-state index in [-0.39, 0.29) is 12.4 Å². The van der Waals surface area contributed by atoms with Crippen molar-refractivity contribution in [2.45, 2.75) is 110 Å². The van der Waals surface area contributed by atoms with Crippen molar-refractivity contribution in [3.05, 3.63) is 88.0 Å². The van der Waals surface area contributed by atoms with Gasteiger partial charge in [0.2, 0.25) is 6.41 Å². The van der Waals surface area contributed by atoms with Gasteiger partial charge in [-0.3, -0.25) is 4.79 Å². The lowest BCUT2D eigenvalue weighted by Gasteiger charge is -2.10. The van der Waals surface area contributed by atoms with E-state index in [1.807, 2.05) is 0 Å². The van der Waals surface area contributed by atoms with Crippen LogP contribution in [-0.4, -0.2) is 23.5 Å². The number of nitrogens with one attached hydrogen (secondary N) is 1. The van der Waals surface area contributed by atoms with Crippen LogP contribution in [0.3, 0.4) is 0 Å². The molecule has 0 heterocycles. The number of unbranched alkanes of at least 4 members (excludes halogenated alkanes) is 4. The van der Waals surface area contributed by atoms with Crippen LogP contribution in [0.2, 0.25) is 0 Å². The van der Waals surface area contributed by atoms with Crippen LogP contribution in [0.1, 0.15) is 103 Å². The lowest BCUT2D eigenvalue weighted by molar-refractivity contribution is -0.763. The largest absolute Gasteiger partial charge is 0.425 e. The number of esters is 1. The number of amides is 1. The van der Waals surface area contributed by atoms with Crippen LogP contribution < -0.4 is 10.1 Å². The minimum atomic E-state index is -0.908. The zero-order chi connectivity index (χ0) is 30.8. The quantitative estimate of drug-likeness (QED) is 0.0407. The van der Waals surface area contributed by atoms with E-state index in [0.29, 0.717) is 12.0 Å². The molecule has 1 saturated carbocycles. The van der Waals surface area contributed by atoms with E-state index < -0.39 is 17.1 Å². The highest BCUT2D eigenvalue weighted by Crippen LogP contribution is 2.29. The summed E-state index contributed by atoms with van der Waals surface area (Å²) in [6.07, 6.45) is 21.6. The summed E-state index contributed by atoms with van der Waals surface area (Å²) in [5, 5.41) is 11.4. The molecule has 3 rings (SSSR count). The molecule has 1 fully saturated rings. The number of ether oxygens (including phenoxy) is 1. The van der Waals surface area contributed by atoms with Gasteiger partial charge in [-0.15, -0.1) is 10.1 Å². The SMILES string of the molecule is C/C=C\CCCC.CC(NC=O)C(=O)Oc1cccc(CO[N+](=O)[O-])c1.c1ccc(CCCCCC2CCCC2)cc1. The van der Waals surface area contributed by atoms with Gasteiger partial charge in [-0.05, 0) is 62.3 Å². The average molecular weight is 583 g/mol. The van der Waals surface area contributed by atoms with Crippen molar-refractivity contribution in [3.8, 4) is 5.75 Å². The highest BCUT2D eigenvalue weighted by Gasteiger charge is 2.15. The summed E-state index contributed by atoms with van der Waals surface area (Å²) in [7, 11) is 0. The topological polar surface area (TPSA) is 108 Å². The monoisotopic (exact) mass is 582 g/mol. The second-order valence-electron chi connectivity index (χ2n) is 10.5. The van der Waals surface area contributed by atoms with Gasteiger partial charge in [-0.25, -0.2) is 4.79 Å². The van der Waals surface area contributed by atoms with Gasteiger partial charge in [0.1, 0.15) is 18.4 Å². The first-order valence-corrected chi connectivity index (χ1v) is 15.3. The summed E-state index contributed by atoms with van der Waals surface area (Å²) >= 11 is 0. The Bertz CT molecular complexity index is 1020. The number of nitrogens with zero attached hydrogens (tertiary/aromatic N) is 1. The molecule has 1 aliphatic carbocycles. The zero-order valence-corrected chi connectivity index (χ0v) is 25.7. The minimum Gasteiger partial charge on any atom is -0.425 e. The van der Waals surface area contributed by atoms with Gasteiger partial charge in [0.15, 0.2) is 0 Å². The highest BCUT2D eigenvalue weighted by molar-refractivity contribution is 5.79. The van der Waals surface area contributed by atoms with Crippen molar-refractivity contribution in [3.63, 3.8) is 0 Å². The van der Waals surface area contributed by atoms with Gasteiger partial charge < -0.3 is 14.9 Å². The highest BCUT2D eigenvalue weighted by atomic mass is 16.9. The fraction of sp³-hybridized carbons (Fsp3) is 0.529. The van der Waals surface area contributed by atoms with E-state index in [4.69, 9.17) is 4.74 Å². The summed E-state index contributed by atoms with van der Waals surface area (Å²) in [4.78, 5) is 35.9. The van der Waals surface area contributed by atoms with Crippen molar-refractivity contribution in [1.29, 1.82) is 0 Å². The fourth-order valence-corrected chi connectivity index (χ4v) is 4.57. The molecule has 0 aromatic heterocycles. The third kappa shape index (κ3) is 18.6. The van der Waals surface area contributed by atoms with Crippen molar-refractivity contribution >= 4 is 12.4 Å². The Kier molecular flexibility index (Phi) is 20.7. The first-order chi connectivity index (χ1) is 20.4. The van der Waals surface area contributed by atoms with Gasteiger partial charge in [0.25, 0.3) is 5.09 Å². The van der Waals surface area contributed by atoms with Crippen LogP contribution in [-0.2, 0) is 27.5 Å². The number of carbonyl (C=O) groups excluding carboxylic acids is 2. The molecule has 0 bridgehead atoms. The molecule has 0 aliphatic heterocycles. The van der Waals surface area contributed by atoms with Crippen molar-refractivity contribution in [2.24, 2.45) is 5.92 Å². The number of allylic oxidation sites excluding steroid dienone is 2. The molecule has 0 spiro atoms. The molecule has 232 valence electrons. The van der Waals surface area contributed by atoms with Crippen molar-refractivity contribution < 1.29 is 24.3 Å². The number of rotatable bonds is 16. The molecule has 42 heavy (non-hydrogen) atoms. The Balaban J connectivity index is 0.000000347. The predicted molar refractivity (Wildman–Crippen MR) is 167 cm³/mol. The molecule has 1 unspecified atom stereocenters. The van der Waals surface area contributed by atoms with Gasteiger partial charge in [0, 0.05) is 0 Å². The smallest absolute Gasteiger partial charge is 0.333 e. The fourth-order valence-electron chi connectivity index (χ4n) is 4.57. The van der Waals surface area contributed by atoms with Crippen LogP contribution in [0.25, 0.3) is 0 Å². The lowest BCUT2D eigenvalue weighted by Crippen LogP contribution is -2.35. The summed E-state index contributed by atoms with van der Waals surface area (Å²) < 4.78 is 4.99. The van der Waals surface area contributed by atoms with Crippen LogP contribution >= 0.6 is 0 Å². The second kappa shape index (κ2) is 24.0. The molecular formula is C34H50N2O6. The third-order valence-electron chi connectivity index (χ3n) is 6.98. The van der Waals surface area contributed by atoms with Crippen LogP contribution in [0.15, 0.2) is 66.7 Å². The summed E-state index contributed by atoms with van der Waals surface area (Å²) in [6.45, 7) is 5.51. The minimum absolute atomic E-state index is 0.217. The standard InChI is InChI=1S/C16H24.C11H12N2O6.C7H14/c1-3-9-15(10-4-1)11-5-2-6-12-16-13-7-8-14-16;1-8(12-7-14)11(15)19-10-4-2-3-9(5-10)6-18-13(16)17;1-3-5-7-6-4-2/h1,3-4,9-10,16H,2,5-8,11-14H2;2-5,7-8H,6H2,1H3,(H,12,14);3,5H,4,6-7H2,1-2H3/b;;5-3-. The Morgan fingerprint density at radius 2 is 1.76 bits per heavy atom. The average Bonchev–Trinajstić information content (AvgIpc) is 3.51. The second-order valence-corrected chi connectivity index (χ2v) is 10.5. The number of hydrogen-bond acceptors (Lipinski definition) is 6. The molecule has 2 aromatic rings. The summed E-state index contributed by atoms with van der Waals surface area (Å²) in [6, 6.07) is 16.2. The summed E-state index contributed by atoms with van der Waals surface area (Å²) in [5.41, 5.74) is 1.99. The Morgan fingerprint density at radius 1 is 1.05 bits per heavy atom. The van der Waals surface area contributed by atoms with Gasteiger partial charge in [-0.1, -0.05) is 119 Å². The van der Waals surface area contributed by atoms with Crippen LogP contribution in [0.4, 0.5) is 0 Å². The molecule has 8 heteroatoms. The number of carbonyl (C=O) groups is 2. The Hall–Kier alpha value is -3.68. The first-order valence-electron chi connectivity index (χ1n) is 15.3. The summed E-state index contributed by atoms with van der Waals surface area (Å²) in [5.74, 6) is 0.658. The zero-order valence-electron chi connectivity index (χ0n) is 25.7. The van der Waals surface area contributed by atoms with E-state index in [2.05, 4.69) is 66.5 Å².